The van der Waals surface area contributed by atoms with Crippen molar-refractivity contribution >= 4 is 17.5 Å². The number of rotatable bonds is 4. The fourth-order valence-corrected chi connectivity index (χ4v) is 3.55. The number of para-hydroxylation sites is 1. The minimum atomic E-state index is -0.510. The maximum Gasteiger partial charge on any atom is 0.239 e. The summed E-state index contributed by atoms with van der Waals surface area (Å²) in [4.78, 5) is 26.5. The van der Waals surface area contributed by atoms with Crippen LogP contribution in [0.4, 0.5) is 5.69 Å². The molecule has 2 aliphatic rings. The molecule has 4 nitrogen and oxygen atoms in total. The minimum absolute atomic E-state index is 0.0626. The number of carbonyl (C=O) groups excluding carboxylic acids is 2. The average molecular weight is 300 g/mol. The van der Waals surface area contributed by atoms with Crippen LogP contribution in [0.15, 0.2) is 30.3 Å². The number of hydrogen-bond acceptors (Lipinski definition) is 2. The zero-order valence-corrected chi connectivity index (χ0v) is 13.0. The molecule has 118 valence electrons. The van der Waals surface area contributed by atoms with Crippen LogP contribution in [0.2, 0.25) is 0 Å². The molecule has 1 atom stereocenters. The van der Waals surface area contributed by atoms with E-state index in [4.69, 9.17) is 0 Å². The molecule has 2 fully saturated rings. The van der Waals surface area contributed by atoms with Gasteiger partial charge in [0, 0.05) is 18.8 Å². The van der Waals surface area contributed by atoms with E-state index in [9.17, 15) is 9.59 Å². The van der Waals surface area contributed by atoms with Crippen molar-refractivity contribution in [1.82, 2.24) is 5.32 Å². The van der Waals surface area contributed by atoms with Crippen molar-refractivity contribution in [3.63, 3.8) is 0 Å². The van der Waals surface area contributed by atoms with Crippen LogP contribution in [-0.4, -0.2) is 24.9 Å². The molecular weight excluding hydrogens is 276 g/mol. The van der Waals surface area contributed by atoms with Crippen molar-refractivity contribution < 1.29 is 9.59 Å². The molecule has 22 heavy (non-hydrogen) atoms. The first-order valence-electron chi connectivity index (χ1n) is 8.40. The van der Waals surface area contributed by atoms with Gasteiger partial charge >= 0.3 is 0 Å². The first kappa shape index (κ1) is 15.1. The first-order valence-corrected chi connectivity index (χ1v) is 8.40. The van der Waals surface area contributed by atoms with Gasteiger partial charge in [0.2, 0.25) is 11.8 Å². The van der Waals surface area contributed by atoms with Gasteiger partial charge in [0.05, 0.1) is 0 Å². The van der Waals surface area contributed by atoms with Crippen LogP contribution < -0.4 is 10.2 Å². The fraction of sp³-hybridized carbons (Fsp3) is 0.556. The molecule has 3 rings (SSSR count). The lowest BCUT2D eigenvalue weighted by Crippen LogP contribution is -2.39. The molecule has 0 radical (unpaired) electrons. The fourth-order valence-electron chi connectivity index (χ4n) is 3.55. The number of anilines is 1. The Morgan fingerprint density at radius 1 is 1.09 bits per heavy atom. The van der Waals surface area contributed by atoms with Crippen molar-refractivity contribution in [3.05, 3.63) is 30.3 Å². The van der Waals surface area contributed by atoms with Crippen molar-refractivity contribution in [1.29, 1.82) is 0 Å². The summed E-state index contributed by atoms with van der Waals surface area (Å²) < 4.78 is 0. The smallest absolute Gasteiger partial charge is 0.239 e. The summed E-state index contributed by atoms with van der Waals surface area (Å²) in [5.41, 5.74) is 0.884. The molecule has 2 amide bonds. The molecule has 1 aromatic rings. The molecule has 1 aliphatic heterocycles. The monoisotopic (exact) mass is 300 g/mol. The predicted octanol–water partition coefficient (Wildman–Crippen LogP) is 2.74. The highest BCUT2D eigenvalue weighted by Gasteiger charge is 2.37. The van der Waals surface area contributed by atoms with E-state index in [-0.39, 0.29) is 11.8 Å². The molecule has 1 saturated carbocycles. The lowest BCUT2D eigenvalue weighted by Gasteiger charge is -2.22. The highest BCUT2D eigenvalue weighted by Crippen LogP contribution is 2.26. The van der Waals surface area contributed by atoms with Gasteiger partial charge in [-0.05, 0) is 37.3 Å². The van der Waals surface area contributed by atoms with Gasteiger partial charge in [0.1, 0.15) is 5.92 Å². The zero-order chi connectivity index (χ0) is 15.4. The standard InChI is InChI=1S/C18H24N2O2/c21-17(19-13-14-7-3-1-4-8-14)16-11-12-20(18(16)22)15-9-5-2-6-10-15/h2,5-6,9-10,14,16H,1,3-4,7-8,11-13H2,(H,19,21). The Morgan fingerprint density at radius 2 is 1.82 bits per heavy atom. The van der Waals surface area contributed by atoms with Crippen LogP contribution in [0.3, 0.4) is 0 Å². The first-order chi connectivity index (χ1) is 10.8. The Morgan fingerprint density at radius 3 is 2.55 bits per heavy atom. The minimum Gasteiger partial charge on any atom is -0.355 e. The molecule has 0 aromatic heterocycles. The topological polar surface area (TPSA) is 49.4 Å². The number of amides is 2. The SMILES string of the molecule is O=C(NCC1CCCCC1)C1CCN(c2ccccc2)C1=O. The van der Waals surface area contributed by atoms with Crippen molar-refractivity contribution in [3.8, 4) is 0 Å². The summed E-state index contributed by atoms with van der Waals surface area (Å²) >= 11 is 0. The Bertz CT molecular complexity index is 523. The van der Waals surface area contributed by atoms with Gasteiger partial charge in [-0.25, -0.2) is 0 Å². The van der Waals surface area contributed by atoms with E-state index >= 15 is 0 Å². The molecular formula is C18H24N2O2. The quantitative estimate of drug-likeness (QED) is 0.869. The Kier molecular flexibility index (Phi) is 4.76. The average Bonchev–Trinajstić information content (AvgIpc) is 2.96. The van der Waals surface area contributed by atoms with Gasteiger partial charge in [-0.3, -0.25) is 9.59 Å². The molecule has 1 aliphatic carbocycles. The molecule has 1 saturated heterocycles. The normalized spacial score (nSPS) is 22.8. The maximum atomic E-state index is 12.5. The second-order valence-corrected chi connectivity index (χ2v) is 6.42. The van der Waals surface area contributed by atoms with Crippen LogP contribution in [0, 0.1) is 11.8 Å². The number of nitrogens with zero attached hydrogens (tertiary/aromatic N) is 1. The van der Waals surface area contributed by atoms with Crippen molar-refractivity contribution in [2.75, 3.05) is 18.0 Å². The van der Waals surface area contributed by atoms with Gasteiger partial charge in [0.15, 0.2) is 0 Å². The van der Waals surface area contributed by atoms with Crippen LogP contribution in [0.5, 0.6) is 0 Å². The second-order valence-electron chi connectivity index (χ2n) is 6.42. The van der Waals surface area contributed by atoms with Crippen LogP contribution >= 0.6 is 0 Å². The third-order valence-corrected chi connectivity index (χ3v) is 4.88. The van der Waals surface area contributed by atoms with Crippen LogP contribution in [0.25, 0.3) is 0 Å². The van der Waals surface area contributed by atoms with E-state index in [0.717, 1.165) is 12.2 Å². The van der Waals surface area contributed by atoms with Crippen LogP contribution in [0.1, 0.15) is 38.5 Å². The van der Waals surface area contributed by atoms with Gasteiger partial charge < -0.3 is 10.2 Å². The van der Waals surface area contributed by atoms with E-state index in [1.54, 1.807) is 4.90 Å². The second kappa shape index (κ2) is 6.95. The summed E-state index contributed by atoms with van der Waals surface area (Å²) in [5.74, 6) is -0.0652. The highest BCUT2D eigenvalue weighted by molar-refractivity contribution is 6.09. The van der Waals surface area contributed by atoms with E-state index < -0.39 is 5.92 Å². The van der Waals surface area contributed by atoms with E-state index in [2.05, 4.69) is 5.32 Å². The van der Waals surface area contributed by atoms with Crippen molar-refractivity contribution in [2.24, 2.45) is 11.8 Å². The summed E-state index contributed by atoms with van der Waals surface area (Å²) in [6.07, 6.45) is 6.88. The molecule has 1 N–H and O–H groups in total. The molecule has 0 bridgehead atoms. The summed E-state index contributed by atoms with van der Waals surface area (Å²) in [7, 11) is 0. The third-order valence-electron chi connectivity index (χ3n) is 4.88. The highest BCUT2D eigenvalue weighted by atomic mass is 16.2. The lowest BCUT2D eigenvalue weighted by atomic mass is 9.89. The largest absolute Gasteiger partial charge is 0.355 e. The molecule has 4 heteroatoms. The Labute approximate surface area is 131 Å². The number of benzene rings is 1. The summed E-state index contributed by atoms with van der Waals surface area (Å²) in [5, 5.41) is 3.01. The Hall–Kier alpha value is -1.84. The number of nitrogens with one attached hydrogen (secondary N) is 1. The van der Waals surface area contributed by atoms with Crippen molar-refractivity contribution in [2.45, 2.75) is 38.5 Å². The van der Waals surface area contributed by atoms with Gasteiger partial charge in [0.25, 0.3) is 0 Å². The number of hydrogen-bond donors (Lipinski definition) is 1. The lowest BCUT2D eigenvalue weighted by molar-refractivity contribution is -0.132. The summed E-state index contributed by atoms with van der Waals surface area (Å²) in [6, 6.07) is 9.59. The molecule has 0 spiro atoms. The predicted molar refractivity (Wildman–Crippen MR) is 86.5 cm³/mol. The maximum absolute atomic E-state index is 12.5. The number of carbonyl (C=O) groups is 2. The molecule has 1 heterocycles. The summed E-state index contributed by atoms with van der Waals surface area (Å²) in [6.45, 7) is 1.36. The zero-order valence-electron chi connectivity index (χ0n) is 13.0. The van der Waals surface area contributed by atoms with Gasteiger partial charge in [-0.1, -0.05) is 37.5 Å². The molecule has 1 aromatic carbocycles. The van der Waals surface area contributed by atoms with E-state index in [0.29, 0.717) is 18.9 Å². The third kappa shape index (κ3) is 3.32. The van der Waals surface area contributed by atoms with E-state index in [1.807, 2.05) is 30.3 Å². The molecule has 1 unspecified atom stereocenters. The van der Waals surface area contributed by atoms with Crippen LogP contribution in [-0.2, 0) is 9.59 Å². The Balaban J connectivity index is 1.54. The van der Waals surface area contributed by atoms with Gasteiger partial charge in [-0.2, -0.15) is 0 Å². The van der Waals surface area contributed by atoms with Gasteiger partial charge in [-0.15, -0.1) is 0 Å². The van der Waals surface area contributed by atoms with E-state index in [1.165, 1.54) is 32.1 Å².